The zero-order valence-corrected chi connectivity index (χ0v) is 11.9. The molecule has 0 radical (unpaired) electrons. The fourth-order valence-corrected chi connectivity index (χ4v) is 3.31. The molecule has 1 unspecified atom stereocenters. The van der Waals surface area contributed by atoms with Crippen molar-refractivity contribution in [1.29, 1.82) is 0 Å². The third-order valence-electron chi connectivity index (χ3n) is 2.62. The van der Waals surface area contributed by atoms with Gasteiger partial charge < -0.3 is 5.11 Å². The third kappa shape index (κ3) is 2.59. The van der Waals surface area contributed by atoms with Crippen LogP contribution in [-0.4, -0.2) is 5.11 Å². The largest absolute Gasteiger partial charge is 0.383 e. The van der Waals surface area contributed by atoms with E-state index in [0.717, 1.165) is 19.8 Å². The van der Waals surface area contributed by atoms with Gasteiger partial charge in [0.15, 0.2) is 0 Å². The molecule has 0 aliphatic rings. The Labute approximate surface area is 112 Å². The van der Waals surface area contributed by atoms with Crippen molar-refractivity contribution in [3.05, 3.63) is 55.4 Å². The summed E-state index contributed by atoms with van der Waals surface area (Å²) in [6.07, 6.45) is -0.896. The fourth-order valence-electron chi connectivity index (χ4n) is 1.89. The van der Waals surface area contributed by atoms with Gasteiger partial charge in [0.1, 0.15) is 11.9 Å². The van der Waals surface area contributed by atoms with Crippen molar-refractivity contribution < 1.29 is 9.50 Å². The summed E-state index contributed by atoms with van der Waals surface area (Å²) in [6.45, 7) is 3.66. The Balaban J connectivity index is 2.47. The van der Waals surface area contributed by atoms with Crippen LogP contribution in [-0.2, 0) is 0 Å². The number of benzene rings is 1. The van der Waals surface area contributed by atoms with E-state index in [1.165, 1.54) is 17.4 Å². The summed E-state index contributed by atoms with van der Waals surface area (Å²) in [4.78, 5) is 0.739. The highest BCUT2D eigenvalue weighted by molar-refractivity contribution is 9.11. The number of thiophene rings is 1. The molecule has 1 aromatic carbocycles. The Morgan fingerprint density at radius 2 is 2.00 bits per heavy atom. The van der Waals surface area contributed by atoms with Crippen molar-refractivity contribution >= 4 is 27.3 Å². The van der Waals surface area contributed by atoms with Crippen LogP contribution in [0.5, 0.6) is 0 Å². The first-order chi connectivity index (χ1) is 7.99. The van der Waals surface area contributed by atoms with E-state index >= 15 is 0 Å². The topological polar surface area (TPSA) is 20.2 Å². The molecule has 0 saturated carbocycles. The maximum Gasteiger partial charge on any atom is 0.129 e. The minimum atomic E-state index is -0.896. The normalized spacial score (nSPS) is 12.8. The molecule has 0 aliphatic heterocycles. The maximum absolute atomic E-state index is 13.9. The average molecular weight is 315 g/mol. The fraction of sp³-hybridized carbons (Fsp3) is 0.231. The minimum Gasteiger partial charge on any atom is -0.383 e. The zero-order chi connectivity index (χ0) is 12.6. The van der Waals surface area contributed by atoms with E-state index in [4.69, 9.17) is 0 Å². The highest BCUT2D eigenvalue weighted by Crippen LogP contribution is 2.34. The first-order valence-corrected chi connectivity index (χ1v) is 6.80. The molecular formula is C13H12BrFOS. The molecular weight excluding hydrogens is 303 g/mol. The summed E-state index contributed by atoms with van der Waals surface area (Å²) in [5.74, 6) is -0.348. The van der Waals surface area contributed by atoms with Gasteiger partial charge in [0, 0.05) is 10.4 Å². The van der Waals surface area contributed by atoms with Gasteiger partial charge in [-0.05, 0) is 59.1 Å². The van der Waals surface area contributed by atoms with E-state index in [1.807, 2.05) is 26.0 Å². The predicted molar refractivity (Wildman–Crippen MR) is 72.0 cm³/mol. The summed E-state index contributed by atoms with van der Waals surface area (Å²) in [6, 6.07) is 6.99. The van der Waals surface area contributed by atoms with Crippen LogP contribution in [0.1, 0.15) is 27.7 Å². The number of aryl methyl sites for hydroxylation is 2. The summed E-state index contributed by atoms with van der Waals surface area (Å²) < 4.78 is 14.8. The van der Waals surface area contributed by atoms with Gasteiger partial charge in [-0.25, -0.2) is 4.39 Å². The third-order valence-corrected chi connectivity index (χ3v) is 4.29. The lowest BCUT2D eigenvalue weighted by molar-refractivity contribution is 0.218. The molecule has 1 N–H and O–H groups in total. The van der Waals surface area contributed by atoms with Crippen LogP contribution in [0.25, 0.3) is 0 Å². The lowest BCUT2D eigenvalue weighted by atomic mass is 9.99. The van der Waals surface area contributed by atoms with Crippen LogP contribution >= 0.6 is 27.3 Å². The average Bonchev–Trinajstić information content (AvgIpc) is 2.63. The van der Waals surface area contributed by atoms with Gasteiger partial charge in [0.05, 0.1) is 3.79 Å². The molecule has 0 fully saturated rings. The van der Waals surface area contributed by atoms with Crippen LogP contribution in [0.3, 0.4) is 0 Å². The standard InChI is InChI=1S/C13H12BrFOS/c1-7-5-8(2)12(9(15)6-7)13(16)10-3-4-11(14)17-10/h3-6,13,16H,1-2H3. The highest BCUT2D eigenvalue weighted by Gasteiger charge is 2.19. The summed E-state index contributed by atoms with van der Waals surface area (Å²) in [5, 5.41) is 10.2. The van der Waals surface area contributed by atoms with Crippen molar-refractivity contribution in [1.82, 2.24) is 0 Å². The molecule has 0 amide bonds. The van der Waals surface area contributed by atoms with E-state index in [9.17, 15) is 9.50 Å². The second-order valence-electron chi connectivity index (χ2n) is 4.02. The molecule has 0 saturated heterocycles. The first-order valence-electron chi connectivity index (χ1n) is 5.19. The van der Waals surface area contributed by atoms with E-state index in [0.29, 0.717) is 5.56 Å². The van der Waals surface area contributed by atoms with Crippen LogP contribution in [0.4, 0.5) is 4.39 Å². The molecule has 0 spiro atoms. The summed E-state index contributed by atoms with van der Waals surface area (Å²) >= 11 is 4.75. The van der Waals surface area contributed by atoms with Crippen LogP contribution in [0.15, 0.2) is 28.1 Å². The Kier molecular flexibility index (Phi) is 3.66. The summed E-state index contributed by atoms with van der Waals surface area (Å²) in [5.41, 5.74) is 2.01. The lowest BCUT2D eigenvalue weighted by Crippen LogP contribution is -2.04. The molecule has 4 heteroatoms. The highest BCUT2D eigenvalue weighted by atomic mass is 79.9. The van der Waals surface area contributed by atoms with Crippen molar-refractivity contribution in [2.75, 3.05) is 0 Å². The number of aliphatic hydroxyl groups excluding tert-OH is 1. The number of hydrogen-bond acceptors (Lipinski definition) is 2. The maximum atomic E-state index is 13.9. The van der Waals surface area contributed by atoms with E-state index < -0.39 is 6.10 Å². The smallest absolute Gasteiger partial charge is 0.129 e. The Morgan fingerprint density at radius 1 is 1.29 bits per heavy atom. The van der Waals surface area contributed by atoms with Crippen molar-refractivity contribution in [3.63, 3.8) is 0 Å². The van der Waals surface area contributed by atoms with Gasteiger partial charge in [-0.1, -0.05) is 6.07 Å². The Hall–Kier alpha value is -0.710. The Morgan fingerprint density at radius 3 is 2.53 bits per heavy atom. The lowest BCUT2D eigenvalue weighted by Gasteiger charge is -2.14. The second kappa shape index (κ2) is 4.88. The van der Waals surface area contributed by atoms with Gasteiger partial charge in [0.2, 0.25) is 0 Å². The summed E-state index contributed by atoms with van der Waals surface area (Å²) in [7, 11) is 0. The monoisotopic (exact) mass is 314 g/mol. The number of halogens is 2. The Bertz CT molecular complexity index is 527. The molecule has 2 aromatic rings. The molecule has 1 nitrogen and oxygen atoms in total. The SMILES string of the molecule is Cc1cc(C)c(C(O)c2ccc(Br)s2)c(F)c1. The molecule has 0 aliphatic carbocycles. The van der Waals surface area contributed by atoms with Crippen LogP contribution < -0.4 is 0 Å². The molecule has 0 bridgehead atoms. The number of aliphatic hydroxyl groups is 1. The quantitative estimate of drug-likeness (QED) is 0.873. The van der Waals surface area contributed by atoms with Crippen LogP contribution in [0.2, 0.25) is 0 Å². The van der Waals surface area contributed by atoms with Gasteiger partial charge >= 0.3 is 0 Å². The van der Waals surface area contributed by atoms with Gasteiger partial charge in [-0.2, -0.15) is 0 Å². The first kappa shape index (κ1) is 12.7. The number of rotatable bonds is 2. The minimum absolute atomic E-state index is 0.348. The van der Waals surface area contributed by atoms with Gasteiger partial charge in [-0.3, -0.25) is 0 Å². The number of hydrogen-bond donors (Lipinski definition) is 1. The van der Waals surface area contributed by atoms with E-state index in [-0.39, 0.29) is 5.82 Å². The van der Waals surface area contributed by atoms with Crippen LogP contribution in [0, 0.1) is 19.7 Å². The second-order valence-corrected chi connectivity index (χ2v) is 6.52. The van der Waals surface area contributed by atoms with Crippen molar-refractivity contribution in [3.8, 4) is 0 Å². The zero-order valence-electron chi connectivity index (χ0n) is 9.50. The van der Waals surface area contributed by atoms with Crippen molar-refractivity contribution in [2.24, 2.45) is 0 Å². The molecule has 90 valence electrons. The molecule has 1 heterocycles. The molecule has 1 atom stereocenters. The van der Waals surface area contributed by atoms with E-state index in [1.54, 1.807) is 6.07 Å². The molecule has 1 aromatic heterocycles. The van der Waals surface area contributed by atoms with Gasteiger partial charge in [-0.15, -0.1) is 11.3 Å². The van der Waals surface area contributed by atoms with Gasteiger partial charge in [0.25, 0.3) is 0 Å². The van der Waals surface area contributed by atoms with Crippen molar-refractivity contribution in [2.45, 2.75) is 20.0 Å². The predicted octanol–water partition coefficient (Wildman–Crippen LogP) is 4.35. The van der Waals surface area contributed by atoms with E-state index in [2.05, 4.69) is 15.9 Å². The molecule has 2 rings (SSSR count). The molecule has 17 heavy (non-hydrogen) atoms.